The molecule has 0 bridgehead atoms. The van der Waals surface area contributed by atoms with Gasteiger partial charge in [0, 0.05) is 6.20 Å². The molecule has 0 aliphatic heterocycles. The highest BCUT2D eigenvalue weighted by Gasteiger charge is 2.25. The summed E-state index contributed by atoms with van der Waals surface area (Å²) >= 11 is 5.85. The summed E-state index contributed by atoms with van der Waals surface area (Å²) in [6.07, 6.45) is 2.71. The average molecular weight is 295 g/mol. The van der Waals surface area contributed by atoms with E-state index in [9.17, 15) is 10.1 Å². The second-order valence-corrected chi connectivity index (χ2v) is 4.74. The van der Waals surface area contributed by atoms with Crippen molar-refractivity contribution in [2.45, 2.75) is 33.2 Å². The van der Waals surface area contributed by atoms with Crippen molar-refractivity contribution in [1.29, 1.82) is 0 Å². The molecule has 7 heteroatoms. The minimum absolute atomic E-state index is 0.134. The molecule has 2 aromatic heterocycles. The highest BCUT2D eigenvalue weighted by molar-refractivity contribution is 6.29. The quantitative estimate of drug-likeness (QED) is 0.482. The molecule has 0 aliphatic carbocycles. The SMILES string of the molecule is CCc1nn(Cc2ccnc(Cl)c2)c(CC)c1[N+](=O)[O-]. The van der Waals surface area contributed by atoms with E-state index in [1.165, 1.54) is 0 Å². The third-order valence-electron chi connectivity index (χ3n) is 3.08. The number of pyridine rings is 1. The second-order valence-electron chi connectivity index (χ2n) is 4.35. The van der Waals surface area contributed by atoms with E-state index in [1.54, 1.807) is 16.9 Å². The lowest BCUT2D eigenvalue weighted by Crippen LogP contribution is -2.07. The molecule has 0 aromatic carbocycles. The molecule has 6 nitrogen and oxygen atoms in total. The highest BCUT2D eigenvalue weighted by atomic mass is 35.5. The number of rotatable bonds is 5. The van der Waals surface area contributed by atoms with Crippen LogP contribution in [0.25, 0.3) is 0 Å². The molecule has 0 fully saturated rings. The molecule has 2 heterocycles. The summed E-state index contributed by atoms with van der Waals surface area (Å²) in [5, 5.41) is 16.0. The van der Waals surface area contributed by atoms with E-state index in [0.29, 0.717) is 35.9 Å². The zero-order valence-corrected chi connectivity index (χ0v) is 12.1. The summed E-state index contributed by atoms with van der Waals surface area (Å²) in [7, 11) is 0. The zero-order valence-electron chi connectivity index (χ0n) is 11.3. The molecular formula is C13H15ClN4O2. The van der Waals surface area contributed by atoms with E-state index in [-0.39, 0.29) is 10.6 Å². The van der Waals surface area contributed by atoms with Crippen molar-refractivity contribution in [2.24, 2.45) is 0 Å². The molecule has 0 amide bonds. The first-order valence-electron chi connectivity index (χ1n) is 6.40. The Morgan fingerprint density at radius 2 is 2.15 bits per heavy atom. The minimum atomic E-state index is -0.347. The zero-order chi connectivity index (χ0) is 14.7. The summed E-state index contributed by atoms with van der Waals surface area (Å²) in [5.74, 6) is 0. The Labute approximate surface area is 121 Å². The van der Waals surface area contributed by atoms with Crippen LogP contribution in [-0.2, 0) is 19.4 Å². The van der Waals surface area contributed by atoms with Gasteiger partial charge in [-0.25, -0.2) is 4.98 Å². The van der Waals surface area contributed by atoms with Gasteiger partial charge in [-0.1, -0.05) is 25.4 Å². The van der Waals surface area contributed by atoms with Crippen molar-refractivity contribution in [3.05, 3.63) is 50.5 Å². The largest absolute Gasteiger partial charge is 0.313 e. The topological polar surface area (TPSA) is 73.8 Å². The first-order chi connectivity index (χ1) is 9.56. The van der Waals surface area contributed by atoms with Gasteiger partial charge in [0.05, 0.1) is 11.5 Å². The van der Waals surface area contributed by atoms with Crippen molar-refractivity contribution in [3.63, 3.8) is 0 Å². The molecule has 0 spiro atoms. The number of hydrogen-bond donors (Lipinski definition) is 0. The van der Waals surface area contributed by atoms with Gasteiger partial charge in [0.1, 0.15) is 16.5 Å². The number of aryl methyl sites for hydroxylation is 1. The van der Waals surface area contributed by atoms with Gasteiger partial charge in [-0.2, -0.15) is 5.10 Å². The standard InChI is InChI=1S/C13H15ClN4O2/c1-3-10-13(18(19)20)11(4-2)17(16-10)8-9-5-6-15-12(14)7-9/h5-7H,3-4,8H2,1-2H3. The lowest BCUT2D eigenvalue weighted by Gasteiger charge is -2.05. The van der Waals surface area contributed by atoms with Crippen molar-refractivity contribution >= 4 is 17.3 Å². The van der Waals surface area contributed by atoms with Crippen LogP contribution in [0.5, 0.6) is 0 Å². The highest BCUT2D eigenvalue weighted by Crippen LogP contribution is 2.25. The van der Waals surface area contributed by atoms with Crippen LogP contribution in [0.15, 0.2) is 18.3 Å². The predicted octanol–water partition coefficient (Wildman–Crippen LogP) is 3.01. The molecule has 0 saturated carbocycles. The number of halogens is 1. The van der Waals surface area contributed by atoms with E-state index >= 15 is 0 Å². The van der Waals surface area contributed by atoms with Gasteiger partial charge < -0.3 is 0 Å². The predicted molar refractivity (Wildman–Crippen MR) is 76.0 cm³/mol. The molecule has 0 unspecified atom stereocenters. The molecule has 0 atom stereocenters. The summed E-state index contributed by atoms with van der Waals surface area (Å²) in [5.41, 5.74) is 2.21. The van der Waals surface area contributed by atoms with Gasteiger partial charge in [0.15, 0.2) is 0 Å². The number of hydrogen-bond acceptors (Lipinski definition) is 4. The second kappa shape index (κ2) is 6.00. The Morgan fingerprint density at radius 1 is 1.40 bits per heavy atom. The summed E-state index contributed by atoms with van der Waals surface area (Å²) in [6, 6.07) is 3.56. The fourth-order valence-electron chi connectivity index (χ4n) is 2.19. The monoisotopic (exact) mass is 294 g/mol. The van der Waals surface area contributed by atoms with Crippen LogP contribution in [-0.4, -0.2) is 19.7 Å². The van der Waals surface area contributed by atoms with E-state index in [1.807, 2.05) is 19.9 Å². The van der Waals surface area contributed by atoms with Crippen LogP contribution in [0, 0.1) is 10.1 Å². The maximum Gasteiger partial charge on any atom is 0.313 e. The van der Waals surface area contributed by atoms with Crippen LogP contribution < -0.4 is 0 Å². The maximum atomic E-state index is 11.2. The van der Waals surface area contributed by atoms with Crippen LogP contribution >= 0.6 is 11.6 Å². The maximum absolute atomic E-state index is 11.2. The average Bonchev–Trinajstić information content (AvgIpc) is 2.76. The molecule has 0 aliphatic rings. The lowest BCUT2D eigenvalue weighted by atomic mass is 10.2. The number of nitro groups is 1. The Hall–Kier alpha value is -1.95. The molecule has 2 rings (SSSR count). The van der Waals surface area contributed by atoms with Gasteiger partial charge >= 0.3 is 5.69 Å². The van der Waals surface area contributed by atoms with Crippen molar-refractivity contribution in [2.75, 3.05) is 0 Å². The Balaban J connectivity index is 2.44. The summed E-state index contributed by atoms with van der Waals surface area (Å²) in [6.45, 7) is 4.20. The first-order valence-corrected chi connectivity index (χ1v) is 6.78. The van der Waals surface area contributed by atoms with Crippen molar-refractivity contribution in [3.8, 4) is 0 Å². The third-order valence-corrected chi connectivity index (χ3v) is 3.28. The summed E-state index contributed by atoms with van der Waals surface area (Å²) < 4.78 is 1.68. The first kappa shape index (κ1) is 14.5. The fourth-order valence-corrected chi connectivity index (χ4v) is 2.38. The van der Waals surface area contributed by atoms with E-state index in [2.05, 4.69) is 10.1 Å². The molecule has 0 saturated heterocycles. The van der Waals surface area contributed by atoms with E-state index in [0.717, 1.165) is 5.56 Å². The van der Waals surface area contributed by atoms with Crippen molar-refractivity contribution < 1.29 is 4.92 Å². The Morgan fingerprint density at radius 3 is 2.70 bits per heavy atom. The smallest absolute Gasteiger partial charge is 0.258 e. The number of nitrogens with zero attached hydrogens (tertiary/aromatic N) is 4. The molecule has 106 valence electrons. The van der Waals surface area contributed by atoms with Gasteiger partial charge in [-0.3, -0.25) is 14.8 Å². The molecule has 2 aromatic rings. The summed E-state index contributed by atoms with van der Waals surface area (Å²) in [4.78, 5) is 14.8. The minimum Gasteiger partial charge on any atom is -0.258 e. The number of aromatic nitrogens is 3. The molecule has 0 N–H and O–H groups in total. The van der Waals surface area contributed by atoms with Crippen LogP contribution in [0.3, 0.4) is 0 Å². The molecular weight excluding hydrogens is 280 g/mol. The van der Waals surface area contributed by atoms with Gasteiger partial charge in [-0.05, 0) is 30.5 Å². The molecule has 20 heavy (non-hydrogen) atoms. The van der Waals surface area contributed by atoms with Crippen LogP contribution in [0.4, 0.5) is 5.69 Å². The van der Waals surface area contributed by atoms with Crippen molar-refractivity contribution in [1.82, 2.24) is 14.8 Å². The van der Waals surface area contributed by atoms with Crippen LogP contribution in [0.1, 0.15) is 30.8 Å². The van der Waals surface area contributed by atoms with Gasteiger partial charge in [-0.15, -0.1) is 0 Å². The lowest BCUT2D eigenvalue weighted by molar-refractivity contribution is -0.386. The normalized spacial score (nSPS) is 10.8. The van der Waals surface area contributed by atoms with Gasteiger partial charge in [0.25, 0.3) is 0 Å². The Kier molecular flexibility index (Phi) is 4.34. The van der Waals surface area contributed by atoms with E-state index < -0.39 is 0 Å². The van der Waals surface area contributed by atoms with Gasteiger partial charge in [0.2, 0.25) is 0 Å². The van der Waals surface area contributed by atoms with E-state index in [4.69, 9.17) is 11.6 Å². The Bertz CT molecular complexity index is 639. The molecule has 0 radical (unpaired) electrons. The van der Waals surface area contributed by atoms with Crippen LogP contribution in [0.2, 0.25) is 5.15 Å². The third kappa shape index (κ3) is 2.80. The fraction of sp³-hybridized carbons (Fsp3) is 0.385.